The van der Waals surface area contributed by atoms with E-state index in [1.54, 1.807) is 0 Å². The Morgan fingerprint density at radius 3 is 2.11 bits per heavy atom. The van der Waals surface area contributed by atoms with E-state index in [2.05, 4.69) is 25.8 Å². The van der Waals surface area contributed by atoms with Crippen LogP contribution < -0.4 is 0 Å². The van der Waals surface area contributed by atoms with Crippen LogP contribution in [0.25, 0.3) is 0 Å². The first-order chi connectivity index (χ1) is 3.72. The molecule has 2 unspecified atom stereocenters. The van der Waals surface area contributed by atoms with Crippen LogP contribution in [0, 0.1) is 19.8 Å². The van der Waals surface area contributed by atoms with Crippen LogP contribution in [0.1, 0.15) is 6.42 Å². The Labute approximate surface area is 83.1 Å². The van der Waals surface area contributed by atoms with Gasteiger partial charge in [0.25, 0.3) is 0 Å². The number of nitrogens with zero attached hydrogens (tertiary/aromatic N) is 1. The molecule has 0 aliphatic carbocycles. The first-order valence-corrected chi connectivity index (χ1v) is 3.08. The maximum Gasteiger partial charge on any atom is 0 e. The van der Waals surface area contributed by atoms with Crippen LogP contribution in [0.15, 0.2) is 0 Å². The first kappa shape index (κ1) is 10.1. The van der Waals surface area contributed by atoms with E-state index in [1.807, 2.05) is 0 Å². The maximum absolute atomic E-state index is 3.96. The molecular weight excluding hydrogens is 187 g/mol. The molecule has 1 saturated heterocycles. The molecule has 0 N–H and O–H groups in total. The van der Waals surface area contributed by atoms with Crippen LogP contribution in [0.5, 0.6) is 0 Å². The molecule has 0 saturated carbocycles. The van der Waals surface area contributed by atoms with Crippen molar-refractivity contribution in [2.24, 2.45) is 5.92 Å². The van der Waals surface area contributed by atoms with Crippen molar-refractivity contribution in [2.45, 2.75) is 12.5 Å². The molecule has 0 aromatic carbocycles. The van der Waals surface area contributed by atoms with Crippen molar-refractivity contribution >= 4 is 0 Å². The SMILES string of the molecule is [CH2-]C1CCN(C)C1[CH2-].[Y]. The Hall–Kier alpha value is 1.06. The van der Waals surface area contributed by atoms with Gasteiger partial charge in [0.05, 0.1) is 0 Å². The molecule has 0 spiro atoms. The molecule has 0 aromatic heterocycles. The number of hydrogen-bond donors (Lipinski definition) is 0. The average molecular weight is 200 g/mol. The van der Waals surface area contributed by atoms with Crippen molar-refractivity contribution in [2.75, 3.05) is 13.6 Å². The molecular formula is C7H13NY-2. The van der Waals surface area contributed by atoms with Crippen LogP contribution in [0.2, 0.25) is 0 Å². The van der Waals surface area contributed by atoms with Gasteiger partial charge in [0.1, 0.15) is 0 Å². The van der Waals surface area contributed by atoms with Gasteiger partial charge in [0, 0.05) is 32.7 Å². The topological polar surface area (TPSA) is 3.24 Å². The molecule has 51 valence electrons. The maximum atomic E-state index is 3.96. The molecule has 1 aliphatic heterocycles. The van der Waals surface area contributed by atoms with Gasteiger partial charge in [-0.2, -0.15) is 5.92 Å². The summed E-state index contributed by atoms with van der Waals surface area (Å²) >= 11 is 0. The summed E-state index contributed by atoms with van der Waals surface area (Å²) in [6.45, 7) is 9.10. The minimum atomic E-state index is 0. The van der Waals surface area contributed by atoms with Crippen LogP contribution in [-0.2, 0) is 32.7 Å². The van der Waals surface area contributed by atoms with Gasteiger partial charge in [-0.3, -0.25) is 0 Å². The fraction of sp³-hybridized carbons (Fsp3) is 0.714. The number of rotatable bonds is 0. The predicted octanol–water partition coefficient (Wildman–Crippen LogP) is 0.972. The molecule has 1 fully saturated rings. The van der Waals surface area contributed by atoms with E-state index in [9.17, 15) is 0 Å². The zero-order chi connectivity index (χ0) is 6.15. The first-order valence-electron chi connectivity index (χ1n) is 3.08. The molecule has 0 amide bonds. The van der Waals surface area contributed by atoms with Gasteiger partial charge in [0.2, 0.25) is 0 Å². The minimum absolute atomic E-state index is 0. The van der Waals surface area contributed by atoms with E-state index in [0.29, 0.717) is 12.0 Å². The second-order valence-corrected chi connectivity index (χ2v) is 2.60. The standard InChI is InChI=1S/C7H13N.Y/c1-6-4-5-8(3)7(6)2;/h6-7H,1-2,4-5H2,3H3;/q-2;. The fourth-order valence-corrected chi connectivity index (χ4v) is 1.09. The normalized spacial score (nSPS) is 36.3. The molecule has 1 rings (SSSR count). The van der Waals surface area contributed by atoms with Crippen molar-refractivity contribution < 1.29 is 32.7 Å². The summed E-state index contributed by atoms with van der Waals surface area (Å²) in [6, 6.07) is 0.454. The second-order valence-electron chi connectivity index (χ2n) is 2.60. The third-order valence-electron chi connectivity index (χ3n) is 1.96. The molecule has 2 heteroatoms. The van der Waals surface area contributed by atoms with Crippen molar-refractivity contribution in [1.82, 2.24) is 4.90 Å². The van der Waals surface area contributed by atoms with E-state index in [4.69, 9.17) is 0 Å². The van der Waals surface area contributed by atoms with Gasteiger partial charge in [-0.1, -0.05) is 6.42 Å². The summed E-state index contributed by atoms with van der Waals surface area (Å²) in [6.07, 6.45) is 1.21. The smallest absolute Gasteiger partial charge is 0 e. The largest absolute Gasteiger partial charge is 0.341 e. The Bertz CT molecular complexity index is 75.0. The van der Waals surface area contributed by atoms with Crippen LogP contribution in [0.3, 0.4) is 0 Å². The van der Waals surface area contributed by atoms with Gasteiger partial charge in [-0.15, -0.1) is 6.04 Å². The zero-order valence-electron chi connectivity index (χ0n) is 6.01. The zero-order valence-corrected chi connectivity index (χ0v) is 8.85. The molecule has 1 radical (unpaired) electrons. The summed E-state index contributed by atoms with van der Waals surface area (Å²) < 4.78 is 0. The summed E-state index contributed by atoms with van der Waals surface area (Å²) in [4.78, 5) is 2.25. The molecule has 9 heavy (non-hydrogen) atoms. The Kier molecular flexibility index (Phi) is 4.53. The minimum Gasteiger partial charge on any atom is -0.341 e. The number of hydrogen-bond acceptors (Lipinski definition) is 1. The molecule has 1 heterocycles. The molecule has 0 aromatic rings. The summed E-state index contributed by atoms with van der Waals surface area (Å²) in [7, 11) is 2.10. The van der Waals surface area contributed by atoms with Crippen LogP contribution in [-0.4, -0.2) is 24.5 Å². The third kappa shape index (κ3) is 2.29. The molecule has 2 atom stereocenters. The van der Waals surface area contributed by atoms with Crippen molar-refractivity contribution in [3.8, 4) is 0 Å². The van der Waals surface area contributed by atoms with E-state index < -0.39 is 0 Å². The monoisotopic (exact) mass is 200 g/mol. The van der Waals surface area contributed by atoms with Gasteiger partial charge >= 0.3 is 0 Å². The summed E-state index contributed by atoms with van der Waals surface area (Å²) in [5.74, 6) is 0.556. The predicted molar refractivity (Wildman–Crippen MR) is 35.2 cm³/mol. The van der Waals surface area contributed by atoms with Crippen molar-refractivity contribution in [1.29, 1.82) is 0 Å². The van der Waals surface area contributed by atoms with E-state index in [0.717, 1.165) is 0 Å². The van der Waals surface area contributed by atoms with Gasteiger partial charge in [-0.05, 0) is 13.6 Å². The molecule has 0 bridgehead atoms. The average Bonchev–Trinajstić information content (AvgIpc) is 1.98. The second kappa shape index (κ2) is 4.05. The Balaban J connectivity index is 0.000000640. The molecule has 1 aliphatic rings. The van der Waals surface area contributed by atoms with Gasteiger partial charge in [-0.25, -0.2) is 0 Å². The van der Waals surface area contributed by atoms with E-state index in [1.165, 1.54) is 13.0 Å². The number of likely N-dealkylation sites (tertiary alicyclic amines) is 1. The van der Waals surface area contributed by atoms with Crippen molar-refractivity contribution in [3.05, 3.63) is 13.8 Å². The van der Waals surface area contributed by atoms with Crippen LogP contribution >= 0.6 is 0 Å². The van der Waals surface area contributed by atoms with Crippen LogP contribution in [0.4, 0.5) is 0 Å². The fourth-order valence-electron chi connectivity index (χ4n) is 1.09. The summed E-state index contributed by atoms with van der Waals surface area (Å²) in [5, 5.41) is 0. The molecule has 1 nitrogen and oxygen atoms in total. The van der Waals surface area contributed by atoms with Crippen molar-refractivity contribution in [3.63, 3.8) is 0 Å². The summed E-state index contributed by atoms with van der Waals surface area (Å²) in [5.41, 5.74) is 0. The van der Waals surface area contributed by atoms with Gasteiger partial charge < -0.3 is 18.7 Å². The quantitative estimate of drug-likeness (QED) is 0.526. The van der Waals surface area contributed by atoms with Gasteiger partial charge in [0.15, 0.2) is 0 Å². The van der Waals surface area contributed by atoms with E-state index >= 15 is 0 Å². The Morgan fingerprint density at radius 2 is 2.00 bits per heavy atom. The Morgan fingerprint density at radius 1 is 1.44 bits per heavy atom. The third-order valence-corrected chi connectivity index (χ3v) is 1.96. The van der Waals surface area contributed by atoms with E-state index in [-0.39, 0.29) is 32.7 Å².